The Morgan fingerprint density at radius 2 is 2.40 bits per heavy atom. The summed E-state index contributed by atoms with van der Waals surface area (Å²) in [5.41, 5.74) is 7.15. The summed E-state index contributed by atoms with van der Waals surface area (Å²) in [4.78, 5) is 2.40. The van der Waals surface area contributed by atoms with Crippen LogP contribution in [0.1, 0.15) is 19.0 Å². The van der Waals surface area contributed by atoms with Crippen LogP contribution in [0.5, 0.6) is 0 Å². The van der Waals surface area contributed by atoms with Crippen LogP contribution in [0, 0.1) is 0 Å². The van der Waals surface area contributed by atoms with E-state index in [-0.39, 0.29) is 12.4 Å². The van der Waals surface area contributed by atoms with Gasteiger partial charge in [0.15, 0.2) is 0 Å². The summed E-state index contributed by atoms with van der Waals surface area (Å²) in [6, 6.07) is 2.46. The molecule has 1 aromatic rings. The van der Waals surface area contributed by atoms with Crippen molar-refractivity contribution >= 4 is 12.4 Å². The first-order chi connectivity index (χ1) is 6.79. The molecule has 1 aromatic heterocycles. The van der Waals surface area contributed by atoms with Crippen molar-refractivity contribution in [2.75, 3.05) is 13.1 Å². The SMILES string of the molecule is CCn1nccc1CN1CC[C@@H](N)C1.Cl. The topological polar surface area (TPSA) is 47.1 Å². The molecule has 1 aliphatic heterocycles. The van der Waals surface area contributed by atoms with Gasteiger partial charge in [0.05, 0.1) is 5.69 Å². The standard InChI is InChI=1S/C10H18N4.ClH/c1-2-14-10(3-5-12-14)8-13-6-4-9(11)7-13;/h3,5,9H,2,4,6-8,11H2,1H3;1H/t9-;/m1./s1. The zero-order valence-electron chi connectivity index (χ0n) is 9.09. The molecular formula is C10H19ClN4. The van der Waals surface area contributed by atoms with Crippen molar-refractivity contribution in [2.24, 2.45) is 5.73 Å². The van der Waals surface area contributed by atoms with Gasteiger partial charge in [-0.25, -0.2) is 0 Å². The number of hydrogen-bond acceptors (Lipinski definition) is 3. The van der Waals surface area contributed by atoms with E-state index in [1.165, 1.54) is 5.69 Å². The normalized spacial score (nSPS) is 21.6. The smallest absolute Gasteiger partial charge is 0.0524 e. The maximum Gasteiger partial charge on any atom is 0.0524 e. The Bertz CT molecular complexity index is 299. The second kappa shape index (κ2) is 5.49. The van der Waals surface area contributed by atoms with E-state index in [9.17, 15) is 0 Å². The predicted octanol–water partition coefficient (Wildman–Crippen LogP) is 0.858. The molecule has 0 spiro atoms. The third-order valence-electron chi connectivity index (χ3n) is 2.80. The molecule has 0 amide bonds. The quantitative estimate of drug-likeness (QED) is 0.838. The molecule has 0 unspecified atom stereocenters. The first kappa shape index (κ1) is 12.5. The summed E-state index contributed by atoms with van der Waals surface area (Å²) in [6.07, 6.45) is 3.00. The van der Waals surface area contributed by atoms with Gasteiger partial charge in [-0.1, -0.05) is 0 Å². The van der Waals surface area contributed by atoms with Gasteiger partial charge in [0.25, 0.3) is 0 Å². The number of nitrogens with two attached hydrogens (primary N) is 1. The molecule has 0 radical (unpaired) electrons. The van der Waals surface area contributed by atoms with Crippen LogP contribution in [0.25, 0.3) is 0 Å². The third-order valence-corrected chi connectivity index (χ3v) is 2.80. The number of aryl methyl sites for hydroxylation is 1. The molecule has 15 heavy (non-hydrogen) atoms. The van der Waals surface area contributed by atoms with Gasteiger partial charge in [0.1, 0.15) is 0 Å². The molecule has 0 aliphatic carbocycles. The van der Waals surface area contributed by atoms with E-state index in [0.717, 1.165) is 32.6 Å². The molecule has 86 valence electrons. The van der Waals surface area contributed by atoms with Gasteiger partial charge in [-0.05, 0) is 19.4 Å². The Morgan fingerprint density at radius 3 is 3.00 bits per heavy atom. The molecular weight excluding hydrogens is 212 g/mol. The first-order valence-corrected chi connectivity index (χ1v) is 5.28. The molecule has 2 rings (SSSR count). The van der Waals surface area contributed by atoms with Crippen molar-refractivity contribution in [3.8, 4) is 0 Å². The van der Waals surface area contributed by atoms with E-state index in [1.54, 1.807) is 0 Å². The average molecular weight is 231 g/mol. The molecule has 0 aromatic carbocycles. The first-order valence-electron chi connectivity index (χ1n) is 5.28. The Balaban J connectivity index is 0.00000112. The van der Waals surface area contributed by atoms with Gasteiger partial charge in [0.2, 0.25) is 0 Å². The summed E-state index contributed by atoms with van der Waals surface area (Å²) < 4.78 is 2.05. The molecule has 2 N–H and O–H groups in total. The zero-order chi connectivity index (χ0) is 9.97. The zero-order valence-corrected chi connectivity index (χ0v) is 9.91. The minimum Gasteiger partial charge on any atom is -0.326 e. The van der Waals surface area contributed by atoms with Crippen LogP contribution >= 0.6 is 12.4 Å². The number of halogens is 1. The Labute approximate surface area is 96.8 Å². The molecule has 1 atom stereocenters. The van der Waals surface area contributed by atoms with E-state index < -0.39 is 0 Å². The minimum absolute atomic E-state index is 0. The van der Waals surface area contributed by atoms with Crippen LogP contribution in [0.4, 0.5) is 0 Å². The van der Waals surface area contributed by atoms with Crippen molar-refractivity contribution in [3.63, 3.8) is 0 Å². The van der Waals surface area contributed by atoms with Crippen LogP contribution < -0.4 is 5.73 Å². The van der Waals surface area contributed by atoms with E-state index in [2.05, 4.69) is 23.0 Å². The van der Waals surface area contributed by atoms with Crippen LogP contribution in [-0.2, 0) is 13.1 Å². The fourth-order valence-corrected chi connectivity index (χ4v) is 2.01. The summed E-state index contributed by atoms with van der Waals surface area (Å²) in [6.45, 7) is 6.20. The lowest BCUT2D eigenvalue weighted by Gasteiger charge is -2.15. The van der Waals surface area contributed by atoms with Crippen LogP contribution in [0.3, 0.4) is 0 Å². The highest BCUT2D eigenvalue weighted by Crippen LogP contribution is 2.11. The van der Waals surface area contributed by atoms with Gasteiger partial charge >= 0.3 is 0 Å². The Morgan fingerprint density at radius 1 is 1.60 bits per heavy atom. The fraction of sp³-hybridized carbons (Fsp3) is 0.700. The van der Waals surface area contributed by atoms with Crippen LogP contribution in [-0.4, -0.2) is 33.8 Å². The second-order valence-corrected chi connectivity index (χ2v) is 3.92. The molecule has 5 heteroatoms. The van der Waals surface area contributed by atoms with Crippen LogP contribution in [0.15, 0.2) is 12.3 Å². The molecule has 0 saturated carbocycles. The van der Waals surface area contributed by atoms with Crippen molar-refractivity contribution in [2.45, 2.75) is 32.5 Å². The summed E-state index contributed by atoms with van der Waals surface area (Å²) in [5.74, 6) is 0. The lowest BCUT2D eigenvalue weighted by atomic mass is 10.3. The number of rotatable bonds is 3. The molecule has 2 heterocycles. The Hall–Kier alpha value is -0.580. The Kier molecular flexibility index (Phi) is 4.57. The monoisotopic (exact) mass is 230 g/mol. The second-order valence-electron chi connectivity index (χ2n) is 3.92. The molecule has 0 bridgehead atoms. The van der Waals surface area contributed by atoms with Crippen LogP contribution in [0.2, 0.25) is 0 Å². The molecule has 1 fully saturated rings. The van der Waals surface area contributed by atoms with E-state index >= 15 is 0 Å². The molecule has 4 nitrogen and oxygen atoms in total. The number of aromatic nitrogens is 2. The number of nitrogens with zero attached hydrogens (tertiary/aromatic N) is 3. The van der Waals surface area contributed by atoms with E-state index in [1.807, 2.05) is 10.9 Å². The highest BCUT2D eigenvalue weighted by molar-refractivity contribution is 5.85. The third kappa shape index (κ3) is 2.93. The van der Waals surface area contributed by atoms with E-state index in [0.29, 0.717) is 6.04 Å². The van der Waals surface area contributed by atoms with Gasteiger partial charge in [-0.2, -0.15) is 5.10 Å². The van der Waals surface area contributed by atoms with Gasteiger partial charge < -0.3 is 5.73 Å². The van der Waals surface area contributed by atoms with Crippen molar-refractivity contribution in [1.29, 1.82) is 0 Å². The lowest BCUT2D eigenvalue weighted by molar-refractivity contribution is 0.315. The largest absolute Gasteiger partial charge is 0.326 e. The van der Waals surface area contributed by atoms with E-state index in [4.69, 9.17) is 5.73 Å². The molecule has 1 saturated heterocycles. The number of likely N-dealkylation sites (tertiary alicyclic amines) is 1. The van der Waals surface area contributed by atoms with Gasteiger partial charge in [0, 0.05) is 38.4 Å². The van der Waals surface area contributed by atoms with Gasteiger partial charge in [-0.3, -0.25) is 9.58 Å². The maximum absolute atomic E-state index is 5.86. The highest BCUT2D eigenvalue weighted by atomic mass is 35.5. The maximum atomic E-state index is 5.86. The summed E-state index contributed by atoms with van der Waals surface area (Å²) in [5, 5.41) is 4.25. The molecule has 1 aliphatic rings. The summed E-state index contributed by atoms with van der Waals surface area (Å²) >= 11 is 0. The van der Waals surface area contributed by atoms with Crippen molar-refractivity contribution < 1.29 is 0 Å². The lowest BCUT2D eigenvalue weighted by Crippen LogP contribution is -2.27. The fourth-order valence-electron chi connectivity index (χ4n) is 2.01. The summed E-state index contributed by atoms with van der Waals surface area (Å²) in [7, 11) is 0. The number of hydrogen-bond donors (Lipinski definition) is 1. The average Bonchev–Trinajstić information content (AvgIpc) is 2.76. The van der Waals surface area contributed by atoms with Crippen molar-refractivity contribution in [1.82, 2.24) is 14.7 Å². The minimum atomic E-state index is 0. The highest BCUT2D eigenvalue weighted by Gasteiger charge is 2.19. The van der Waals surface area contributed by atoms with Crippen molar-refractivity contribution in [3.05, 3.63) is 18.0 Å². The predicted molar refractivity (Wildman–Crippen MR) is 63.0 cm³/mol. The van der Waals surface area contributed by atoms with Gasteiger partial charge in [-0.15, -0.1) is 12.4 Å².